The van der Waals surface area contributed by atoms with Crippen molar-refractivity contribution >= 4 is 176 Å². The molecule has 12 rings (SSSR count). The van der Waals surface area contributed by atoms with Gasteiger partial charge in [0, 0.05) is 0 Å². The van der Waals surface area contributed by atoms with E-state index in [0.29, 0.717) is 0 Å². The summed E-state index contributed by atoms with van der Waals surface area (Å²) >= 11 is 0. The molecule has 0 radical (unpaired) electrons. The average molecular weight is 1900 g/mol. The third-order valence-corrected chi connectivity index (χ3v) is 18.8. The zero-order valence-electron chi connectivity index (χ0n) is 84.3. The van der Waals surface area contributed by atoms with Crippen LogP contribution in [-0.2, 0) is 72.1 Å². The number of nitrogens with one attached hydrogen (secondary N) is 9. The van der Waals surface area contributed by atoms with Crippen molar-refractivity contribution in [3.05, 3.63) is 356 Å². The largest absolute Gasteiger partial charge is 2.00 e. The van der Waals surface area contributed by atoms with Gasteiger partial charge in [-0.3, -0.25) is 0 Å². The maximum atomic E-state index is 10.1. The first kappa shape index (κ1) is 132. The van der Waals surface area contributed by atoms with Crippen molar-refractivity contribution in [2.24, 2.45) is 0 Å². The summed E-state index contributed by atoms with van der Waals surface area (Å²) in [4.78, 5) is 47.6. The van der Waals surface area contributed by atoms with Crippen molar-refractivity contribution in [1.29, 1.82) is 0 Å². The topological polar surface area (TPSA) is 343 Å². The summed E-state index contributed by atoms with van der Waals surface area (Å²) < 4.78 is 0. The van der Waals surface area contributed by atoms with Crippen LogP contribution in [0, 0.1) is 0 Å². The molecule has 0 aliphatic heterocycles. The molecule has 27 heteroatoms. The number of benzene rings is 6. The van der Waals surface area contributed by atoms with Gasteiger partial charge >= 0.3 is 138 Å². The molecule has 696 valence electrons. The zero-order valence-corrected chi connectivity index (χ0v) is 92.8. The summed E-state index contributed by atoms with van der Waals surface area (Å²) in [6, 6.07) is 80.7. The Morgan fingerprint density at radius 3 is 0.400 bits per heavy atom. The van der Waals surface area contributed by atoms with Gasteiger partial charge in [-0.15, -0.1) is 39.6 Å². The molecule has 9 N–H and O–H groups in total. The van der Waals surface area contributed by atoms with Crippen molar-refractivity contribution in [1.82, 2.24) is 45.9 Å². The first-order valence-corrected chi connectivity index (χ1v) is 44.7. The number of rotatable bonds is 30. The van der Waals surface area contributed by atoms with Crippen LogP contribution in [-0.4, -0.2) is 254 Å². The average Bonchev–Trinajstić information content (AvgIpc) is 1.75. The smallest absolute Gasteiger partial charge is 0.851 e. The maximum Gasteiger partial charge on any atom is 2.00 e. The van der Waals surface area contributed by atoms with Gasteiger partial charge < -0.3 is 76.5 Å². The van der Waals surface area contributed by atoms with Crippen LogP contribution in [0.1, 0.15) is 226 Å². The van der Waals surface area contributed by atoms with Gasteiger partial charge in [0.25, 0.3) is 0 Å². The van der Waals surface area contributed by atoms with Crippen molar-refractivity contribution < 1.29 is 60.6 Å². The normalized spacial score (nSPS) is 11.2. The number of aromatic nitrogens is 6. The molecule has 12 aromatic rings. The Kier molecular flexibility index (Phi) is 73.7. The molecule has 6 aromatic heterocycles. The van der Waals surface area contributed by atoms with Gasteiger partial charge in [-0.2, -0.15) is 34.2 Å². The fourth-order valence-electron chi connectivity index (χ4n) is 11.1. The van der Waals surface area contributed by atoms with Crippen LogP contribution in [0.2, 0.25) is 0 Å². The van der Waals surface area contributed by atoms with Crippen LogP contribution in [0.25, 0.3) is 0 Å². The van der Waals surface area contributed by atoms with Gasteiger partial charge in [0.2, 0.25) is 0 Å². The van der Waals surface area contributed by atoms with E-state index in [-0.39, 0.29) is 210 Å². The minimum Gasteiger partial charge on any atom is -0.851 e. The van der Waals surface area contributed by atoms with Crippen molar-refractivity contribution in [2.75, 3.05) is 78.5 Å². The van der Waals surface area contributed by atoms with Gasteiger partial charge in [-0.1, -0.05) is 447 Å². The van der Waals surface area contributed by atoms with Crippen LogP contribution in [0.3, 0.4) is 0 Å². The minimum atomic E-state index is -0.110. The van der Waals surface area contributed by atoms with E-state index >= 15 is 0 Å². The van der Waals surface area contributed by atoms with E-state index in [1.165, 1.54) is 0 Å². The van der Waals surface area contributed by atoms with E-state index in [1.54, 1.807) is 0 Å². The molecule has 0 unspecified atom stereocenters. The summed E-state index contributed by atoms with van der Waals surface area (Å²) in [5.41, 5.74) is 18.5. The molecule has 0 saturated heterocycles. The second-order valence-corrected chi connectivity index (χ2v) is 36.7. The summed E-state index contributed by atoms with van der Waals surface area (Å²) in [7, 11) is 0. The first-order chi connectivity index (χ1) is 61.6. The summed E-state index contributed by atoms with van der Waals surface area (Å²) in [6.45, 7) is 49.3. The van der Waals surface area contributed by atoms with Crippen LogP contribution in [0.5, 0.6) is 0 Å². The Hall–Kier alpha value is -6.74. The van der Waals surface area contributed by atoms with Gasteiger partial charge in [-0.25, -0.2) is 30.0 Å². The van der Waals surface area contributed by atoms with Crippen molar-refractivity contribution in [3.63, 3.8) is 0 Å². The predicted molar refractivity (Wildman–Crippen MR) is 551 cm³/mol. The first-order valence-electron chi connectivity index (χ1n) is 44.7. The molecule has 6 heterocycles. The number of hydrogen-bond acceptors (Lipinski definition) is 9. The fourth-order valence-corrected chi connectivity index (χ4v) is 11.1. The van der Waals surface area contributed by atoms with Crippen LogP contribution in [0.4, 0.5) is 0 Å². The molecule has 0 saturated carbocycles. The maximum absolute atomic E-state index is 10.1. The fraction of sp³-hybridized carbons (Fsp3) is 0.389. The van der Waals surface area contributed by atoms with E-state index in [2.05, 4.69) is 273 Å². The molecule has 0 bridgehead atoms. The Labute approximate surface area is 904 Å². The van der Waals surface area contributed by atoms with E-state index in [1.807, 2.05) is 219 Å². The second kappa shape index (κ2) is 75.2. The molecule has 6 aromatic carbocycles. The van der Waals surface area contributed by atoms with E-state index in [9.17, 15) is 30.6 Å². The Balaban J connectivity index is -0.00000153. The molecule has 0 amide bonds. The Bertz CT molecular complexity index is 4200. The monoisotopic (exact) mass is 1890 g/mol. The van der Waals surface area contributed by atoms with Crippen LogP contribution in [0.15, 0.2) is 255 Å². The molecule has 0 atom stereocenters. The van der Waals surface area contributed by atoms with Crippen LogP contribution >= 0.6 is 0 Å². The quantitative estimate of drug-likeness (QED) is 0.0155. The molecule has 0 aliphatic rings. The van der Waals surface area contributed by atoms with Crippen molar-refractivity contribution in [3.8, 4) is 0 Å². The van der Waals surface area contributed by atoms with E-state index in [4.69, 9.17) is 0 Å². The second-order valence-electron chi connectivity index (χ2n) is 36.7. The summed E-state index contributed by atoms with van der Waals surface area (Å²) in [5, 5.41) is 71.0. The summed E-state index contributed by atoms with van der Waals surface area (Å²) in [5.74, 6) is 0. The standard InChI is InChI=1S/3C22H33N5.6C7H7O.6Mg/c3*1-21(2,3)19-9-7-17(26-19)15-24-13-11-23-12-14-25-16-18-8-10-20(27-18)22(4,5)6;6*8-6-7-4-2-1-3-5-7;;;;;;/h3*7-10,15-16,23H,11-14H2,1-6H3;6*1-5H,6H2;;;;;;/q3*-2;6*-1;6*+2/p+6. The molecule has 0 fully saturated rings. The SMILES string of the molecule is CC(C)(C)c1ccc(C=[NH+]CCNCC[NH+]=Cc2ccc(C(C)(C)C)[n-]2)[n-]1.CC(C)(C)c1ccc(C=[NH+]CCNCC[NH+]=Cc2ccc(C(C)(C)C)[n-]2)[n-]1.CC(C)(C)c1ccc(C=[NH+]CCNCC[NH+]=Cc2ccc(C(C)(C)C)[n-]2)[n-]1.[Mg+2].[Mg+2].[Mg+2].[Mg+2].[Mg+2].[Mg+2].[O-]Cc1ccccc1.[O-]Cc1ccccc1.[O-]Cc1ccccc1.[O-]Cc1ccccc1.[O-]Cc1ccccc1.[O-]Cc1ccccc1. The molecular formula is C108H147Mg6N15O6+6. The van der Waals surface area contributed by atoms with E-state index in [0.717, 1.165) is 180 Å². The molecule has 0 aliphatic carbocycles. The Morgan fingerprint density at radius 2 is 0.311 bits per heavy atom. The number of nitrogens with zero attached hydrogens (tertiary/aromatic N) is 6. The molecule has 0 spiro atoms. The van der Waals surface area contributed by atoms with Gasteiger partial charge in [0.05, 0.1) is 39.3 Å². The molecule has 21 nitrogen and oxygen atoms in total. The zero-order chi connectivity index (χ0) is 94.7. The van der Waals surface area contributed by atoms with Gasteiger partial charge in [0.1, 0.15) is 37.3 Å². The molecule has 135 heavy (non-hydrogen) atoms. The minimum absolute atomic E-state index is 0. The van der Waals surface area contributed by atoms with E-state index < -0.39 is 0 Å². The third-order valence-electron chi connectivity index (χ3n) is 18.8. The van der Waals surface area contributed by atoms with Crippen molar-refractivity contribution in [2.45, 2.75) is 197 Å². The van der Waals surface area contributed by atoms with Gasteiger partial charge in [-0.05, 0) is 32.5 Å². The number of hydrogen-bond donors (Lipinski definition) is 9. The predicted octanol–water partition coefficient (Wildman–Crippen LogP) is -0.549. The van der Waals surface area contributed by atoms with Gasteiger partial charge in [0.15, 0.2) is 39.3 Å². The molecular weight excluding hydrogens is 1750 g/mol. The van der Waals surface area contributed by atoms with Crippen LogP contribution < -0.4 is 106 Å². The summed E-state index contributed by atoms with van der Waals surface area (Å²) in [6.07, 6.45) is 11.9. The third kappa shape index (κ3) is 62.1. The Morgan fingerprint density at radius 1 is 0.193 bits per heavy atom.